The molecule has 0 saturated heterocycles. The maximum absolute atomic E-state index is 12.5. The zero-order valence-corrected chi connectivity index (χ0v) is 13.5. The van der Waals surface area contributed by atoms with Crippen molar-refractivity contribution in [1.29, 1.82) is 0 Å². The van der Waals surface area contributed by atoms with Gasteiger partial charge in [-0.3, -0.25) is 14.6 Å². The number of aromatic nitrogens is 3. The molecule has 0 saturated carbocycles. The van der Waals surface area contributed by atoms with E-state index in [9.17, 15) is 9.59 Å². The van der Waals surface area contributed by atoms with Gasteiger partial charge in [-0.05, 0) is 30.0 Å². The summed E-state index contributed by atoms with van der Waals surface area (Å²) < 4.78 is 0. The second-order valence-electron chi connectivity index (χ2n) is 5.56. The number of carbonyl (C=O) groups is 1. The van der Waals surface area contributed by atoms with Crippen molar-refractivity contribution in [3.8, 4) is 11.4 Å². The van der Waals surface area contributed by atoms with Crippen LogP contribution in [0.5, 0.6) is 0 Å². The molecule has 0 atom stereocenters. The van der Waals surface area contributed by atoms with Crippen molar-refractivity contribution in [3.63, 3.8) is 0 Å². The SMILES string of the molecule is O=C(c1ccsc1)N1CCc2c(nc(-c3ccncc3)[nH]c2=O)C1. The summed E-state index contributed by atoms with van der Waals surface area (Å²) in [4.78, 5) is 38.0. The van der Waals surface area contributed by atoms with E-state index in [2.05, 4.69) is 15.0 Å². The smallest absolute Gasteiger partial charge is 0.255 e. The summed E-state index contributed by atoms with van der Waals surface area (Å²) in [5, 5.41) is 3.72. The predicted molar refractivity (Wildman–Crippen MR) is 90.9 cm³/mol. The van der Waals surface area contributed by atoms with Gasteiger partial charge in [0.2, 0.25) is 0 Å². The third-order valence-electron chi connectivity index (χ3n) is 4.08. The predicted octanol–water partition coefficient (Wildman–Crippen LogP) is 2.09. The van der Waals surface area contributed by atoms with Crippen LogP contribution >= 0.6 is 11.3 Å². The Morgan fingerprint density at radius 1 is 1.25 bits per heavy atom. The molecule has 3 aromatic rings. The van der Waals surface area contributed by atoms with E-state index >= 15 is 0 Å². The number of amides is 1. The number of nitrogens with zero attached hydrogens (tertiary/aromatic N) is 3. The van der Waals surface area contributed by atoms with E-state index < -0.39 is 0 Å². The Bertz CT molecular complexity index is 935. The van der Waals surface area contributed by atoms with Gasteiger partial charge in [0.05, 0.1) is 17.8 Å². The first-order valence-electron chi connectivity index (χ1n) is 7.56. The quantitative estimate of drug-likeness (QED) is 0.776. The molecule has 1 aliphatic heterocycles. The van der Waals surface area contributed by atoms with Crippen molar-refractivity contribution >= 4 is 17.2 Å². The summed E-state index contributed by atoms with van der Waals surface area (Å²) >= 11 is 1.50. The fraction of sp³-hybridized carbons (Fsp3) is 0.176. The standard InChI is InChI=1S/C17H14N4O2S/c22-16-13-3-7-21(17(23)12-4-8-24-10-12)9-14(13)19-15(20-16)11-1-5-18-6-2-11/h1-2,4-6,8,10H,3,7,9H2,(H,19,20,22). The van der Waals surface area contributed by atoms with Gasteiger partial charge in [-0.1, -0.05) is 0 Å². The average molecular weight is 338 g/mol. The van der Waals surface area contributed by atoms with Gasteiger partial charge in [0.1, 0.15) is 5.82 Å². The van der Waals surface area contributed by atoms with E-state index in [0.29, 0.717) is 42.2 Å². The summed E-state index contributed by atoms with van der Waals surface area (Å²) in [7, 11) is 0. The first kappa shape index (κ1) is 14.8. The lowest BCUT2D eigenvalue weighted by molar-refractivity contribution is 0.0732. The van der Waals surface area contributed by atoms with Crippen LogP contribution in [0.1, 0.15) is 21.6 Å². The highest BCUT2D eigenvalue weighted by molar-refractivity contribution is 7.08. The zero-order chi connectivity index (χ0) is 16.5. The van der Waals surface area contributed by atoms with Gasteiger partial charge in [-0.15, -0.1) is 0 Å². The molecule has 4 rings (SSSR count). The van der Waals surface area contributed by atoms with Crippen LogP contribution in [-0.4, -0.2) is 32.3 Å². The molecule has 0 aliphatic carbocycles. The molecular formula is C17H14N4O2S. The third-order valence-corrected chi connectivity index (χ3v) is 4.77. The number of nitrogens with one attached hydrogen (secondary N) is 1. The van der Waals surface area contributed by atoms with Crippen molar-refractivity contribution in [3.05, 3.63) is 68.5 Å². The molecule has 0 aromatic carbocycles. The summed E-state index contributed by atoms with van der Waals surface area (Å²) in [6.45, 7) is 0.882. The van der Waals surface area contributed by atoms with Crippen LogP contribution < -0.4 is 5.56 Å². The van der Waals surface area contributed by atoms with E-state index in [-0.39, 0.29) is 11.5 Å². The Morgan fingerprint density at radius 2 is 2.08 bits per heavy atom. The molecule has 0 bridgehead atoms. The van der Waals surface area contributed by atoms with E-state index in [4.69, 9.17) is 0 Å². The lowest BCUT2D eigenvalue weighted by atomic mass is 10.1. The van der Waals surface area contributed by atoms with E-state index in [1.807, 2.05) is 16.8 Å². The minimum Gasteiger partial charge on any atom is -0.332 e. The van der Waals surface area contributed by atoms with Gasteiger partial charge >= 0.3 is 0 Å². The van der Waals surface area contributed by atoms with Gasteiger partial charge in [0.25, 0.3) is 11.5 Å². The summed E-state index contributed by atoms with van der Waals surface area (Å²) in [6, 6.07) is 5.40. The highest BCUT2D eigenvalue weighted by Crippen LogP contribution is 2.20. The first-order valence-corrected chi connectivity index (χ1v) is 8.50. The summed E-state index contributed by atoms with van der Waals surface area (Å²) in [6.07, 6.45) is 3.83. The number of H-pyrrole nitrogens is 1. The monoisotopic (exact) mass is 338 g/mol. The molecule has 1 amide bonds. The van der Waals surface area contributed by atoms with E-state index in [0.717, 1.165) is 5.56 Å². The maximum Gasteiger partial charge on any atom is 0.255 e. The normalized spacial score (nSPS) is 13.6. The molecule has 120 valence electrons. The van der Waals surface area contributed by atoms with Crippen LogP contribution in [0.4, 0.5) is 0 Å². The number of fused-ring (bicyclic) bond motifs is 1. The van der Waals surface area contributed by atoms with Gasteiger partial charge in [-0.2, -0.15) is 11.3 Å². The van der Waals surface area contributed by atoms with Crippen molar-refractivity contribution in [2.45, 2.75) is 13.0 Å². The van der Waals surface area contributed by atoms with Crippen molar-refractivity contribution in [2.24, 2.45) is 0 Å². The summed E-state index contributed by atoms with van der Waals surface area (Å²) in [5.41, 5.74) is 2.69. The molecule has 0 fully saturated rings. The number of hydrogen-bond donors (Lipinski definition) is 1. The average Bonchev–Trinajstić information content (AvgIpc) is 3.16. The van der Waals surface area contributed by atoms with Crippen molar-refractivity contribution < 1.29 is 4.79 Å². The number of rotatable bonds is 2. The molecule has 1 N–H and O–H groups in total. The Balaban J connectivity index is 1.69. The fourth-order valence-electron chi connectivity index (χ4n) is 2.83. The summed E-state index contributed by atoms with van der Waals surface area (Å²) in [5.74, 6) is 0.487. The minimum absolute atomic E-state index is 0.0190. The van der Waals surface area contributed by atoms with Crippen LogP contribution in [0, 0.1) is 0 Å². The van der Waals surface area contributed by atoms with Gasteiger partial charge in [0.15, 0.2) is 0 Å². The zero-order valence-electron chi connectivity index (χ0n) is 12.7. The Labute approximate surface area is 141 Å². The number of carbonyl (C=O) groups excluding carboxylic acids is 1. The molecule has 24 heavy (non-hydrogen) atoms. The lowest BCUT2D eigenvalue weighted by Crippen LogP contribution is -2.39. The molecule has 0 spiro atoms. The van der Waals surface area contributed by atoms with Crippen molar-refractivity contribution in [2.75, 3.05) is 6.54 Å². The maximum atomic E-state index is 12.5. The fourth-order valence-corrected chi connectivity index (χ4v) is 3.46. The molecule has 0 unspecified atom stereocenters. The van der Waals surface area contributed by atoms with Crippen LogP contribution in [0.2, 0.25) is 0 Å². The van der Waals surface area contributed by atoms with Crippen molar-refractivity contribution in [1.82, 2.24) is 19.9 Å². The third kappa shape index (κ3) is 2.63. The Morgan fingerprint density at radius 3 is 2.83 bits per heavy atom. The Hall–Kier alpha value is -2.80. The number of thiophene rings is 1. The lowest BCUT2D eigenvalue weighted by Gasteiger charge is -2.27. The minimum atomic E-state index is -0.130. The van der Waals surface area contributed by atoms with E-state index in [1.165, 1.54) is 11.3 Å². The number of aromatic amines is 1. The molecule has 4 heterocycles. The molecule has 0 radical (unpaired) electrons. The van der Waals surface area contributed by atoms with Gasteiger partial charge < -0.3 is 9.88 Å². The largest absolute Gasteiger partial charge is 0.332 e. The second-order valence-corrected chi connectivity index (χ2v) is 6.34. The van der Waals surface area contributed by atoms with Gasteiger partial charge in [-0.25, -0.2) is 4.98 Å². The Kier molecular flexibility index (Phi) is 3.70. The topological polar surface area (TPSA) is 79.0 Å². The molecular weight excluding hydrogens is 324 g/mol. The van der Waals surface area contributed by atoms with Crippen LogP contribution in [-0.2, 0) is 13.0 Å². The molecule has 1 aliphatic rings. The van der Waals surface area contributed by atoms with Crippen LogP contribution in [0.3, 0.4) is 0 Å². The second kappa shape index (κ2) is 6.01. The van der Waals surface area contributed by atoms with Crippen LogP contribution in [0.15, 0.2) is 46.1 Å². The van der Waals surface area contributed by atoms with Crippen LogP contribution in [0.25, 0.3) is 11.4 Å². The molecule has 6 nitrogen and oxygen atoms in total. The first-order chi connectivity index (χ1) is 11.7. The highest BCUT2D eigenvalue weighted by Gasteiger charge is 2.25. The molecule has 7 heteroatoms. The highest BCUT2D eigenvalue weighted by atomic mass is 32.1. The number of hydrogen-bond acceptors (Lipinski definition) is 5. The molecule has 3 aromatic heterocycles. The van der Waals surface area contributed by atoms with E-state index in [1.54, 1.807) is 29.4 Å². The van der Waals surface area contributed by atoms with Gasteiger partial charge in [0, 0.05) is 35.4 Å². The number of pyridine rings is 1.